The van der Waals surface area contributed by atoms with Crippen LogP contribution in [-0.2, 0) is 17.3 Å². The monoisotopic (exact) mass is 315 g/mol. The zero-order valence-corrected chi connectivity index (χ0v) is 13.8. The largest absolute Gasteiger partial charge is 0.334 e. The van der Waals surface area contributed by atoms with Crippen molar-refractivity contribution in [2.24, 2.45) is 0 Å². The number of hydrogen-bond donors (Lipinski definition) is 0. The van der Waals surface area contributed by atoms with Gasteiger partial charge in [0.05, 0.1) is 0 Å². The summed E-state index contributed by atoms with van der Waals surface area (Å²) in [5.41, 5.74) is 1.76. The van der Waals surface area contributed by atoms with Crippen molar-refractivity contribution in [2.75, 3.05) is 12.8 Å². The molecule has 2 aromatic carbocycles. The quantitative estimate of drug-likeness (QED) is 0.818. The van der Waals surface area contributed by atoms with Crippen LogP contribution in [0.5, 0.6) is 0 Å². The molecule has 116 valence electrons. The molecule has 1 unspecified atom stereocenters. The molecule has 0 spiro atoms. The van der Waals surface area contributed by atoms with Gasteiger partial charge in [0.15, 0.2) is 0 Å². The van der Waals surface area contributed by atoms with Crippen molar-refractivity contribution in [1.29, 1.82) is 0 Å². The number of carbonyl (C=O) groups is 1. The fourth-order valence-electron chi connectivity index (χ4n) is 2.30. The van der Waals surface area contributed by atoms with Crippen molar-refractivity contribution in [3.63, 3.8) is 0 Å². The van der Waals surface area contributed by atoms with Crippen LogP contribution in [-0.4, -0.2) is 27.8 Å². The van der Waals surface area contributed by atoms with Crippen LogP contribution in [0.2, 0.25) is 0 Å². The molecule has 0 saturated heterocycles. The molecule has 2 aromatic rings. The van der Waals surface area contributed by atoms with Crippen LogP contribution in [0.1, 0.15) is 29.3 Å². The summed E-state index contributed by atoms with van der Waals surface area (Å²) in [4.78, 5) is 15.3. The Morgan fingerprint density at radius 3 is 2.23 bits per heavy atom. The number of hydrogen-bond acceptors (Lipinski definition) is 2. The Balaban J connectivity index is 2.16. The molecule has 1 amide bonds. The Morgan fingerprint density at radius 1 is 1.05 bits per heavy atom. The van der Waals surface area contributed by atoms with E-state index in [4.69, 9.17) is 0 Å². The molecule has 1 atom stereocenters. The smallest absolute Gasteiger partial charge is 0.254 e. The van der Waals surface area contributed by atoms with E-state index >= 15 is 0 Å². The van der Waals surface area contributed by atoms with Gasteiger partial charge in [-0.1, -0.05) is 37.3 Å². The summed E-state index contributed by atoms with van der Waals surface area (Å²) < 4.78 is 11.4. The zero-order chi connectivity index (χ0) is 15.9. The zero-order valence-electron chi connectivity index (χ0n) is 13.0. The lowest BCUT2D eigenvalue weighted by Gasteiger charge is -2.22. The van der Waals surface area contributed by atoms with Crippen LogP contribution in [0, 0.1) is 0 Å². The van der Waals surface area contributed by atoms with Gasteiger partial charge in [-0.05, 0) is 36.2 Å². The molecule has 0 N–H and O–H groups in total. The molecule has 0 bridgehead atoms. The topological polar surface area (TPSA) is 37.4 Å². The average Bonchev–Trinajstić information content (AvgIpc) is 2.55. The molecule has 0 heterocycles. The van der Waals surface area contributed by atoms with Crippen LogP contribution < -0.4 is 0 Å². The Hall–Kier alpha value is -1.94. The van der Waals surface area contributed by atoms with Crippen LogP contribution in [0.3, 0.4) is 0 Å². The highest BCUT2D eigenvalue weighted by molar-refractivity contribution is 7.84. The van der Waals surface area contributed by atoms with E-state index in [1.165, 1.54) is 0 Å². The third-order valence-corrected chi connectivity index (χ3v) is 4.37. The predicted octanol–water partition coefficient (Wildman–Crippen LogP) is 3.48. The first-order valence-corrected chi connectivity index (χ1v) is 8.94. The summed E-state index contributed by atoms with van der Waals surface area (Å²) in [6.07, 6.45) is 2.55. The van der Waals surface area contributed by atoms with E-state index in [0.717, 1.165) is 23.4 Å². The second-order valence-corrected chi connectivity index (χ2v) is 6.57. The number of amides is 1. The number of benzene rings is 2. The molecule has 0 fully saturated rings. The number of nitrogens with zero attached hydrogens (tertiary/aromatic N) is 1. The van der Waals surface area contributed by atoms with E-state index < -0.39 is 10.8 Å². The highest BCUT2D eigenvalue weighted by atomic mass is 32.2. The van der Waals surface area contributed by atoms with Crippen LogP contribution in [0.15, 0.2) is 59.5 Å². The van der Waals surface area contributed by atoms with Gasteiger partial charge in [0.1, 0.15) is 0 Å². The molecule has 22 heavy (non-hydrogen) atoms. The minimum absolute atomic E-state index is 0.0131. The van der Waals surface area contributed by atoms with Gasteiger partial charge in [0.25, 0.3) is 5.91 Å². The fourth-order valence-corrected chi connectivity index (χ4v) is 2.82. The Morgan fingerprint density at radius 2 is 1.68 bits per heavy atom. The van der Waals surface area contributed by atoms with Gasteiger partial charge in [-0.3, -0.25) is 9.00 Å². The molecule has 3 nitrogen and oxygen atoms in total. The number of carbonyl (C=O) groups excluding carboxylic acids is 1. The van der Waals surface area contributed by atoms with Crippen molar-refractivity contribution < 1.29 is 9.00 Å². The minimum Gasteiger partial charge on any atom is -0.334 e. The lowest BCUT2D eigenvalue weighted by molar-refractivity contribution is 0.0743. The van der Waals surface area contributed by atoms with Crippen LogP contribution in [0.25, 0.3) is 0 Å². The van der Waals surface area contributed by atoms with Crippen LogP contribution in [0.4, 0.5) is 0 Å². The molecule has 0 aromatic heterocycles. The van der Waals surface area contributed by atoms with Gasteiger partial charge in [0, 0.05) is 40.6 Å². The van der Waals surface area contributed by atoms with Crippen molar-refractivity contribution in [3.8, 4) is 0 Å². The second-order valence-electron chi connectivity index (χ2n) is 5.19. The van der Waals surface area contributed by atoms with Gasteiger partial charge >= 0.3 is 0 Å². The standard InChI is InChI=1S/C18H21NO2S/c1-3-13-19(14-15-7-5-4-6-8-15)18(20)16-9-11-17(12-10-16)22(2)21/h4-12H,3,13-14H2,1-2H3. The molecular formula is C18H21NO2S. The summed E-state index contributed by atoms with van der Waals surface area (Å²) >= 11 is 0. The first-order chi connectivity index (χ1) is 10.6. The van der Waals surface area contributed by atoms with Crippen molar-refractivity contribution in [1.82, 2.24) is 4.90 Å². The molecule has 0 radical (unpaired) electrons. The first-order valence-electron chi connectivity index (χ1n) is 7.38. The van der Waals surface area contributed by atoms with E-state index in [1.54, 1.807) is 30.5 Å². The highest BCUT2D eigenvalue weighted by Gasteiger charge is 2.15. The fraction of sp³-hybridized carbons (Fsp3) is 0.278. The summed E-state index contributed by atoms with van der Waals surface area (Å²) in [6, 6.07) is 17.0. The third kappa shape index (κ3) is 4.28. The van der Waals surface area contributed by atoms with Crippen molar-refractivity contribution >= 4 is 16.7 Å². The molecule has 2 rings (SSSR count). The van der Waals surface area contributed by atoms with E-state index in [-0.39, 0.29) is 5.91 Å². The summed E-state index contributed by atoms with van der Waals surface area (Å²) in [5.74, 6) is 0.0131. The minimum atomic E-state index is -1.02. The normalized spacial score (nSPS) is 11.9. The summed E-state index contributed by atoms with van der Waals surface area (Å²) in [6.45, 7) is 3.39. The maximum absolute atomic E-state index is 12.7. The summed E-state index contributed by atoms with van der Waals surface area (Å²) in [7, 11) is -1.02. The van der Waals surface area contributed by atoms with E-state index in [0.29, 0.717) is 12.1 Å². The van der Waals surface area contributed by atoms with Gasteiger partial charge < -0.3 is 4.90 Å². The molecular weight excluding hydrogens is 294 g/mol. The molecule has 0 aliphatic carbocycles. The van der Waals surface area contributed by atoms with E-state index in [1.807, 2.05) is 35.2 Å². The highest BCUT2D eigenvalue weighted by Crippen LogP contribution is 2.13. The van der Waals surface area contributed by atoms with Gasteiger partial charge in [0.2, 0.25) is 0 Å². The average molecular weight is 315 g/mol. The third-order valence-electron chi connectivity index (χ3n) is 3.43. The maximum atomic E-state index is 12.7. The van der Waals surface area contributed by atoms with Gasteiger partial charge in [-0.25, -0.2) is 0 Å². The summed E-state index contributed by atoms with van der Waals surface area (Å²) in [5, 5.41) is 0. The van der Waals surface area contributed by atoms with Gasteiger partial charge in [-0.2, -0.15) is 0 Å². The lowest BCUT2D eigenvalue weighted by atomic mass is 10.1. The molecule has 0 aliphatic rings. The Kier molecular flexibility index (Phi) is 5.90. The Labute approximate surface area is 134 Å². The Bertz CT molecular complexity index is 638. The van der Waals surface area contributed by atoms with E-state index in [2.05, 4.69) is 6.92 Å². The predicted molar refractivity (Wildman–Crippen MR) is 90.2 cm³/mol. The molecule has 0 saturated carbocycles. The van der Waals surface area contributed by atoms with Crippen LogP contribution >= 0.6 is 0 Å². The first kappa shape index (κ1) is 16.4. The van der Waals surface area contributed by atoms with E-state index in [9.17, 15) is 9.00 Å². The maximum Gasteiger partial charge on any atom is 0.254 e. The SMILES string of the molecule is CCCN(Cc1ccccc1)C(=O)c1ccc(S(C)=O)cc1. The lowest BCUT2D eigenvalue weighted by Crippen LogP contribution is -2.31. The second kappa shape index (κ2) is 7.90. The van der Waals surface area contributed by atoms with Crippen molar-refractivity contribution in [3.05, 3.63) is 65.7 Å². The van der Waals surface area contributed by atoms with Gasteiger partial charge in [-0.15, -0.1) is 0 Å². The molecule has 0 aliphatic heterocycles. The van der Waals surface area contributed by atoms with Crippen molar-refractivity contribution in [2.45, 2.75) is 24.8 Å². The number of rotatable bonds is 6. The molecule has 4 heteroatoms.